The van der Waals surface area contributed by atoms with E-state index in [1.807, 2.05) is 0 Å². The fraction of sp³-hybridized carbons (Fsp3) is 0.765. The van der Waals surface area contributed by atoms with Gasteiger partial charge in [-0.05, 0) is 46.9 Å². The first-order valence-corrected chi connectivity index (χ1v) is 11.8. The van der Waals surface area contributed by atoms with Gasteiger partial charge in [0.2, 0.25) is 0 Å². The summed E-state index contributed by atoms with van der Waals surface area (Å²) >= 11 is 1.78. The molecular formula is C17H32OSSi. The summed E-state index contributed by atoms with van der Waals surface area (Å²) in [6, 6.07) is 2.24. The molecule has 0 saturated heterocycles. The Kier molecular flexibility index (Phi) is 6.96. The van der Waals surface area contributed by atoms with Crippen molar-refractivity contribution in [3.8, 4) is 0 Å². The average Bonchev–Trinajstić information content (AvgIpc) is 2.85. The smallest absolute Gasteiger partial charge is 0.192 e. The molecule has 0 bridgehead atoms. The van der Waals surface area contributed by atoms with Crippen LogP contribution in [0.25, 0.3) is 0 Å². The van der Waals surface area contributed by atoms with Crippen LogP contribution in [0.5, 0.6) is 0 Å². The van der Waals surface area contributed by atoms with Crippen molar-refractivity contribution in [3.05, 3.63) is 22.4 Å². The molecule has 0 aliphatic rings. The zero-order valence-electron chi connectivity index (χ0n) is 14.2. The van der Waals surface area contributed by atoms with Gasteiger partial charge in [0.15, 0.2) is 8.32 Å². The topological polar surface area (TPSA) is 9.23 Å². The van der Waals surface area contributed by atoms with Crippen LogP contribution < -0.4 is 0 Å². The third-order valence-corrected chi connectivity index (χ3v) is 9.67. The van der Waals surface area contributed by atoms with Crippen LogP contribution in [-0.2, 0) is 4.43 Å². The number of hydrogen-bond donors (Lipinski definition) is 0. The SMILES string of the molecule is CCCCCCC(O[Si](C)(C)C(C)(C)C)c1ccsc1. The molecular weight excluding hydrogens is 280 g/mol. The van der Waals surface area contributed by atoms with Gasteiger partial charge in [-0.2, -0.15) is 11.3 Å². The molecule has 0 fully saturated rings. The van der Waals surface area contributed by atoms with Crippen LogP contribution in [0.4, 0.5) is 0 Å². The first kappa shape index (κ1) is 17.9. The minimum Gasteiger partial charge on any atom is -0.410 e. The molecule has 1 rings (SSSR count). The Morgan fingerprint density at radius 1 is 1.20 bits per heavy atom. The second kappa shape index (κ2) is 7.76. The van der Waals surface area contributed by atoms with Crippen LogP contribution >= 0.6 is 11.3 Å². The maximum Gasteiger partial charge on any atom is 0.192 e. The fourth-order valence-electron chi connectivity index (χ4n) is 2.04. The quantitative estimate of drug-likeness (QED) is 0.379. The minimum absolute atomic E-state index is 0.282. The van der Waals surface area contributed by atoms with E-state index in [1.54, 1.807) is 11.3 Å². The van der Waals surface area contributed by atoms with E-state index < -0.39 is 8.32 Å². The zero-order valence-corrected chi connectivity index (χ0v) is 16.0. The van der Waals surface area contributed by atoms with Crippen molar-refractivity contribution in [2.75, 3.05) is 0 Å². The van der Waals surface area contributed by atoms with Gasteiger partial charge >= 0.3 is 0 Å². The molecule has 0 radical (unpaired) electrons. The first-order valence-electron chi connectivity index (χ1n) is 7.98. The van der Waals surface area contributed by atoms with Gasteiger partial charge in [0.1, 0.15) is 0 Å². The first-order chi connectivity index (χ1) is 9.28. The van der Waals surface area contributed by atoms with E-state index in [-0.39, 0.29) is 5.04 Å². The third-order valence-electron chi connectivity index (χ3n) is 4.48. The molecule has 0 aromatic carbocycles. The van der Waals surface area contributed by atoms with Gasteiger partial charge in [0.25, 0.3) is 0 Å². The Labute approximate surface area is 130 Å². The molecule has 0 amide bonds. The van der Waals surface area contributed by atoms with Gasteiger partial charge in [0, 0.05) is 0 Å². The summed E-state index contributed by atoms with van der Waals surface area (Å²) in [5, 5.41) is 4.71. The largest absolute Gasteiger partial charge is 0.410 e. The van der Waals surface area contributed by atoms with Gasteiger partial charge < -0.3 is 4.43 Å². The third kappa shape index (κ3) is 5.34. The van der Waals surface area contributed by atoms with E-state index in [0.717, 1.165) is 0 Å². The summed E-state index contributed by atoms with van der Waals surface area (Å²) in [6.45, 7) is 13.9. The maximum absolute atomic E-state index is 6.67. The van der Waals surface area contributed by atoms with Crippen LogP contribution in [0.15, 0.2) is 16.8 Å². The number of rotatable bonds is 8. The highest BCUT2D eigenvalue weighted by atomic mass is 32.1. The fourth-order valence-corrected chi connectivity index (χ4v) is 4.06. The van der Waals surface area contributed by atoms with Crippen molar-refractivity contribution in [1.29, 1.82) is 0 Å². The van der Waals surface area contributed by atoms with E-state index in [1.165, 1.54) is 37.7 Å². The Balaban J connectivity index is 2.69. The predicted octanol–water partition coefficient (Wildman–Crippen LogP) is 6.78. The summed E-state index contributed by atoms with van der Waals surface area (Å²) in [6.07, 6.45) is 6.73. The lowest BCUT2D eigenvalue weighted by Crippen LogP contribution is -2.41. The standard InChI is InChI=1S/C17H32OSSi/c1-7-8-9-10-11-16(15-12-13-19-14-15)18-20(5,6)17(2,3)4/h12-14,16H,7-11H2,1-6H3. The predicted molar refractivity (Wildman–Crippen MR) is 94.1 cm³/mol. The maximum atomic E-state index is 6.67. The summed E-state index contributed by atoms with van der Waals surface area (Å²) in [4.78, 5) is 0. The second-order valence-electron chi connectivity index (χ2n) is 7.27. The lowest BCUT2D eigenvalue weighted by Gasteiger charge is -2.39. The average molecular weight is 313 g/mol. The van der Waals surface area contributed by atoms with Gasteiger partial charge in [-0.1, -0.05) is 53.4 Å². The monoisotopic (exact) mass is 312 g/mol. The van der Waals surface area contributed by atoms with Crippen LogP contribution in [0.3, 0.4) is 0 Å². The molecule has 0 saturated carbocycles. The number of unbranched alkanes of at least 4 members (excludes halogenated alkanes) is 3. The highest BCUT2D eigenvalue weighted by Gasteiger charge is 2.39. The van der Waals surface area contributed by atoms with Crippen molar-refractivity contribution < 1.29 is 4.43 Å². The molecule has 1 unspecified atom stereocenters. The molecule has 3 heteroatoms. The molecule has 1 nitrogen and oxygen atoms in total. The molecule has 0 spiro atoms. The normalized spacial score (nSPS) is 14.5. The van der Waals surface area contributed by atoms with Crippen molar-refractivity contribution in [2.24, 2.45) is 0 Å². The Hall–Kier alpha value is -0.123. The summed E-state index contributed by atoms with van der Waals surface area (Å²) in [5.41, 5.74) is 1.39. The lowest BCUT2D eigenvalue weighted by atomic mass is 10.1. The summed E-state index contributed by atoms with van der Waals surface area (Å²) in [5.74, 6) is 0. The zero-order chi connectivity index (χ0) is 15.2. The second-order valence-corrected chi connectivity index (χ2v) is 12.8. The van der Waals surface area contributed by atoms with Gasteiger partial charge in [-0.15, -0.1) is 0 Å². The molecule has 1 heterocycles. The van der Waals surface area contributed by atoms with Gasteiger partial charge in [-0.3, -0.25) is 0 Å². The van der Waals surface area contributed by atoms with Crippen LogP contribution in [0.1, 0.15) is 71.5 Å². The Morgan fingerprint density at radius 2 is 1.90 bits per heavy atom. The van der Waals surface area contributed by atoms with E-state index in [2.05, 4.69) is 57.6 Å². The van der Waals surface area contributed by atoms with Gasteiger partial charge in [0.05, 0.1) is 6.10 Å². The van der Waals surface area contributed by atoms with E-state index in [0.29, 0.717) is 6.10 Å². The van der Waals surface area contributed by atoms with E-state index >= 15 is 0 Å². The molecule has 1 atom stereocenters. The molecule has 1 aromatic heterocycles. The minimum atomic E-state index is -1.69. The van der Waals surface area contributed by atoms with Crippen LogP contribution in [-0.4, -0.2) is 8.32 Å². The van der Waals surface area contributed by atoms with E-state index in [4.69, 9.17) is 4.43 Å². The molecule has 1 aromatic rings. The van der Waals surface area contributed by atoms with E-state index in [9.17, 15) is 0 Å². The lowest BCUT2D eigenvalue weighted by molar-refractivity contribution is 0.170. The molecule has 116 valence electrons. The van der Waals surface area contributed by atoms with Crippen molar-refractivity contribution in [2.45, 2.75) is 84.0 Å². The van der Waals surface area contributed by atoms with Crippen LogP contribution in [0.2, 0.25) is 18.1 Å². The number of thiophene rings is 1. The molecule has 0 N–H and O–H groups in total. The summed E-state index contributed by atoms with van der Waals surface area (Å²) < 4.78 is 6.67. The summed E-state index contributed by atoms with van der Waals surface area (Å²) in [7, 11) is -1.69. The Morgan fingerprint density at radius 3 is 2.40 bits per heavy atom. The highest BCUT2D eigenvalue weighted by Crippen LogP contribution is 2.41. The molecule has 0 aliphatic carbocycles. The molecule has 20 heavy (non-hydrogen) atoms. The van der Waals surface area contributed by atoms with Crippen molar-refractivity contribution in [1.82, 2.24) is 0 Å². The van der Waals surface area contributed by atoms with Gasteiger partial charge in [-0.25, -0.2) is 0 Å². The highest BCUT2D eigenvalue weighted by molar-refractivity contribution is 7.08. The van der Waals surface area contributed by atoms with Crippen molar-refractivity contribution >= 4 is 19.7 Å². The Bertz CT molecular complexity index is 365. The molecule has 0 aliphatic heterocycles. The van der Waals surface area contributed by atoms with Crippen molar-refractivity contribution in [3.63, 3.8) is 0 Å². The number of hydrogen-bond acceptors (Lipinski definition) is 2. The van der Waals surface area contributed by atoms with Crippen LogP contribution in [0, 0.1) is 0 Å².